The van der Waals surface area contributed by atoms with E-state index in [1.54, 1.807) is 0 Å². The quantitative estimate of drug-likeness (QED) is 0.106. The summed E-state index contributed by atoms with van der Waals surface area (Å²) in [7, 11) is -3.08. The van der Waals surface area contributed by atoms with E-state index in [-0.39, 0.29) is 11.8 Å². The lowest BCUT2D eigenvalue weighted by molar-refractivity contribution is 0.761. The predicted octanol–water partition coefficient (Wildman–Crippen LogP) is 15.6. The number of hydrogen-bond acceptors (Lipinski definition) is 0. The third-order valence-electron chi connectivity index (χ3n) is 17.2. The zero-order valence-corrected chi connectivity index (χ0v) is 43.3. The first-order valence-corrected chi connectivity index (χ1v) is 29.0. The van der Waals surface area contributed by atoms with Crippen molar-refractivity contribution in [3.05, 3.63) is 325 Å². The van der Waals surface area contributed by atoms with Crippen molar-refractivity contribution in [2.75, 3.05) is 0 Å². The minimum atomic E-state index is -3.08. The molecule has 0 radical (unpaired) electrons. The molecule has 12 aromatic carbocycles. The van der Waals surface area contributed by atoms with Gasteiger partial charge < -0.3 is 9.13 Å². The molecule has 14 aromatic rings. The molecule has 3 aliphatic carbocycles. The van der Waals surface area contributed by atoms with Crippen LogP contribution in [0.1, 0.15) is 45.2 Å². The molecule has 0 atom stereocenters. The van der Waals surface area contributed by atoms with Crippen LogP contribution in [0.5, 0.6) is 0 Å². The highest BCUT2D eigenvalue weighted by Crippen LogP contribution is 2.58. The molecule has 2 aromatic heterocycles. The molecule has 0 spiro atoms. The predicted molar refractivity (Wildman–Crippen MR) is 324 cm³/mol. The molecule has 2 nitrogen and oxygen atoms in total. The second-order valence-electron chi connectivity index (χ2n) is 21.1. The zero-order chi connectivity index (χ0) is 50.6. The molecular weight excluding hydrogens is 945 g/mol. The highest BCUT2D eigenvalue weighted by Gasteiger charge is 2.44. The Morgan fingerprint density at radius 1 is 0.247 bits per heavy atom. The van der Waals surface area contributed by atoms with Crippen molar-refractivity contribution in [2.45, 2.75) is 11.8 Å². The largest absolute Gasteiger partial charge is 0.309 e. The highest BCUT2D eigenvalue weighted by atomic mass is 28.3. The second-order valence-corrected chi connectivity index (χ2v) is 24.9. The lowest BCUT2D eigenvalue weighted by Crippen LogP contribution is -2.74. The zero-order valence-electron chi connectivity index (χ0n) is 42.3. The molecule has 2 heterocycles. The molecule has 360 valence electrons. The average molecular weight is 995 g/mol. The number of rotatable bonds is 8. The fourth-order valence-corrected chi connectivity index (χ4v) is 18.9. The molecule has 3 heteroatoms. The lowest BCUT2D eigenvalue weighted by atomic mass is 9.60. The first-order valence-electron chi connectivity index (χ1n) is 27.0. The van der Waals surface area contributed by atoms with Crippen LogP contribution >= 0.6 is 0 Å². The summed E-state index contributed by atoms with van der Waals surface area (Å²) < 4.78 is 5.04. The Balaban J connectivity index is 0.912. The van der Waals surface area contributed by atoms with Gasteiger partial charge >= 0.3 is 0 Å². The van der Waals surface area contributed by atoms with Crippen LogP contribution in [0.25, 0.3) is 77.2 Å². The van der Waals surface area contributed by atoms with E-state index in [0.717, 1.165) is 11.4 Å². The summed E-state index contributed by atoms with van der Waals surface area (Å²) in [6, 6.07) is 110. The summed E-state index contributed by atoms with van der Waals surface area (Å²) in [5.41, 5.74) is 20.7. The summed E-state index contributed by atoms with van der Waals surface area (Å²) in [4.78, 5) is 0. The summed E-state index contributed by atoms with van der Waals surface area (Å²) in [6.45, 7) is 0. The van der Waals surface area contributed by atoms with Gasteiger partial charge in [0.1, 0.15) is 0 Å². The smallest absolute Gasteiger partial charge is 0.179 e. The van der Waals surface area contributed by atoms with E-state index < -0.39 is 8.07 Å². The monoisotopic (exact) mass is 994 g/mol. The molecule has 0 aliphatic heterocycles. The van der Waals surface area contributed by atoms with Gasteiger partial charge in [0.25, 0.3) is 0 Å². The Kier molecular flexibility index (Phi) is 9.82. The SMILES string of the molecule is c1ccc(-c2cc(-c3ccccc3)cc([Si](c3ccccc3)(c3ccccc3)c3cccc(-n4c5ccccc5c5cc(-n6c7ccccc7c7c8c(ccc76)C6c7ccccc7C8c7ccccc76)ccc54)c3)c2)cc1. The maximum atomic E-state index is 2.53. The normalized spacial score (nSPS) is 14.5. The molecule has 0 amide bonds. The number of hydrogen-bond donors (Lipinski definition) is 0. The summed E-state index contributed by atoms with van der Waals surface area (Å²) in [5.74, 6) is 0.389. The van der Waals surface area contributed by atoms with Crippen LogP contribution in [0.3, 0.4) is 0 Å². The Morgan fingerprint density at radius 3 is 1.31 bits per heavy atom. The van der Waals surface area contributed by atoms with Crippen LogP contribution in [-0.2, 0) is 0 Å². The van der Waals surface area contributed by atoms with Crippen LogP contribution in [0.15, 0.2) is 291 Å². The number of nitrogens with zero attached hydrogens (tertiary/aromatic N) is 2. The van der Waals surface area contributed by atoms with E-state index in [1.807, 2.05) is 0 Å². The number of benzene rings is 12. The molecule has 0 N–H and O–H groups in total. The van der Waals surface area contributed by atoms with Crippen molar-refractivity contribution >= 4 is 72.4 Å². The van der Waals surface area contributed by atoms with Crippen molar-refractivity contribution in [1.82, 2.24) is 9.13 Å². The summed E-state index contributed by atoms with van der Waals surface area (Å²) in [5, 5.41) is 10.5. The molecule has 0 saturated heterocycles. The summed E-state index contributed by atoms with van der Waals surface area (Å²) in [6.07, 6.45) is 0. The van der Waals surface area contributed by atoms with Crippen LogP contribution in [0.2, 0.25) is 0 Å². The second kappa shape index (κ2) is 17.3. The van der Waals surface area contributed by atoms with Crippen LogP contribution in [0, 0.1) is 0 Å². The van der Waals surface area contributed by atoms with Crippen LogP contribution in [0.4, 0.5) is 0 Å². The van der Waals surface area contributed by atoms with Gasteiger partial charge in [0.05, 0.1) is 22.1 Å². The molecule has 2 bridgehead atoms. The molecule has 17 rings (SSSR count). The minimum Gasteiger partial charge on any atom is -0.309 e. The van der Waals surface area contributed by atoms with Gasteiger partial charge in [-0.2, -0.15) is 0 Å². The Labute approximate surface area is 449 Å². The molecule has 3 aliphatic rings. The van der Waals surface area contributed by atoms with E-state index in [0.29, 0.717) is 0 Å². The van der Waals surface area contributed by atoms with Gasteiger partial charge in [-0.3, -0.25) is 0 Å². The van der Waals surface area contributed by atoms with E-state index in [1.165, 1.54) is 120 Å². The van der Waals surface area contributed by atoms with Gasteiger partial charge in [0.2, 0.25) is 0 Å². The van der Waals surface area contributed by atoms with Crippen molar-refractivity contribution in [1.29, 1.82) is 0 Å². The van der Waals surface area contributed by atoms with E-state index >= 15 is 0 Å². The Bertz CT molecular complexity index is 4480. The van der Waals surface area contributed by atoms with Gasteiger partial charge in [0.15, 0.2) is 8.07 Å². The van der Waals surface area contributed by atoms with E-state index in [2.05, 4.69) is 300 Å². The molecule has 77 heavy (non-hydrogen) atoms. The highest BCUT2D eigenvalue weighted by molar-refractivity contribution is 7.20. The fourth-order valence-electron chi connectivity index (χ4n) is 14.1. The van der Waals surface area contributed by atoms with Gasteiger partial charge in [-0.1, -0.05) is 237 Å². The molecule has 0 saturated carbocycles. The fraction of sp³-hybridized carbons (Fsp3) is 0.0270. The van der Waals surface area contributed by atoms with Crippen molar-refractivity contribution in [2.24, 2.45) is 0 Å². The van der Waals surface area contributed by atoms with Crippen molar-refractivity contribution < 1.29 is 0 Å². The minimum absolute atomic E-state index is 0.172. The average Bonchev–Trinajstić information content (AvgIpc) is 4.11. The standard InChI is InChI=1S/C74H50N2Si/c1-5-22-49(23-6-1)51-44-52(50-24-7-2-8-25-50)46-58(45-51)77(55-27-9-3-10-28-55,56-29-11-4-12-30-56)57-31-21-26-53(47-57)75-67-38-19-17-32-59(67)66-48-54(40-42-69(66)75)76-68-39-20-18-37-64(68)73-70(76)43-41-65-71-60-33-13-15-35-62(60)72(74(65)73)63-36-16-14-34-61(63)71/h1-48,71-72H. The Morgan fingerprint density at radius 2 is 0.701 bits per heavy atom. The first-order chi connectivity index (χ1) is 38.2. The third kappa shape index (κ3) is 6.48. The van der Waals surface area contributed by atoms with Gasteiger partial charge in [0, 0.05) is 44.8 Å². The maximum Gasteiger partial charge on any atom is 0.179 e. The molecule has 0 unspecified atom stereocenters. The van der Waals surface area contributed by atoms with Gasteiger partial charge in [-0.25, -0.2) is 0 Å². The Hall–Kier alpha value is -9.54. The van der Waals surface area contributed by atoms with Gasteiger partial charge in [-0.05, 0) is 131 Å². The first kappa shape index (κ1) is 43.8. The number of aromatic nitrogens is 2. The van der Waals surface area contributed by atoms with E-state index in [4.69, 9.17) is 0 Å². The maximum absolute atomic E-state index is 3.08. The van der Waals surface area contributed by atoms with Crippen LogP contribution in [-0.4, -0.2) is 17.2 Å². The van der Waals surface area contributed by atoms with E-state index in [9.17, 15) is 0 Å². The van der Waals surface area contributed by atoms with Crippen molar-refractivity contribution in [3.63, 3.8) is 0 Å². The molecular formula is C74H50N2Si. The third-order valence-corrected chi connectivity index (χ3v) is 21.9. The number of para-hydroxylation sites is 2. The molecule has 0 fully saturated rings. The van der Waals surface area contributed by atoms with Crippen molar-refractivity contribution in [3.8, 4) is 33.6 Å². The lowest BCUT2D eigenvalue weighted by Gasteiger charge is -2.42. The van der Waals surface area contributed by atoms with Gasteiger partial charge in [-0.15, -0.1) is 0 Å². The summed E-state index contributed by atoms with van der Waals surface area (Å²) >= 11 is 0. The van der Waals surface area contributed by atoms with Crippen LogP contribution < -0.4 is 20.7 Å². The number of fused-ring (bicyclic) bond motifs is 6. The topological polar surface area (TPSA) is 9.86 Å².